The molecule has 0 saturated carbocycles. The average molecular weight is 220 g/mol. The van der Waals surface area contributed by atoms with E-state index in [1.165, 1.54) is 0 Å². The summed E-state index contributed by atoms with van der Waals surface area (Å²) < 4.78 is 23.7. The van der Waals surface area contributed by atoms with Gasteiger partial charge in [0.05, 0.1) is 12.3 Å². The zero-order valence-electron chi connectivity index (χ0n) is 8.41. The highest BCUT2D eigenvalue weighted by atomic mass is 32.2. The fourth-order valence-electron chi connectivity index (χ4n) is 1.65. The normalized spacial score (nSPS) is 28.4. The average Bonchev–Trinajstić information content (AvgIpc) is 2.01. The lowest BCUT2D eigenvalue weighted by Crippen LogP contribution is -2.51. The minimum atomic E-state index is -3.44. The Morgan fingerprint density at radius 2 is 2.14 bits per heavy atom. The van der Waals surface area contributed by atoms with E-state index in [0.29, 0.717) is 0 Å². The lowest BCUT2D eigenvalue weighted by Gasteiger charge is -2.28. The van der Waals surface area contributed by atoms with Crippen molar-refractivity contribution in [3.05, 3.63) is 0 Å². The summed E-state index contributed by atoms with van der Waals surface area (Å²) >= 11 is 0. The molecule has 0 bridgehead atoms. The molecular formula is C8H16N2O3S. The van der Waals surface area contributed by atoms with Gasteiger partial charge in [-0.1, -0.05) is 6.92 Å². The number of rotatable bonds is 2. The number of piperidine rings is 1. The molecule has 14 heavy (non-hydrogen) atoms. The minimum Gasteiger partial charge on any atom is -0.306 e. The van der Waals surface area contributed by atoms with Gasteiger partial charge in [-0.2, -0.15) is 0 Å². The van der Waals surface area contributed by atoms with Crippen LogP contribution in [0.3, 0.4) is 0 Å². The van der Waals surface area contributed by atoms with E-state index in [1.54, 1.807) is 0 Å². The number of hydrogen-bond donors (Lipinski definition) is 2. The summed E-state index contributed by atoms with van der Waals surface area (Å²) in [6, 6.07) is -0.376. The summed E-state index contributed by atoms with van der Waals surface area (Å²) in [4.78, 5) is 11.5. The van der Waals surface area contributed by atoms with Gasteiger partial charge in [0.15, 0.2) is 0 Å². The van der Waals surface area contributed by atoms with Crippen molar-refractivity contribution < 1.29 is 13.2 Å². The van der Waals surface area contributed by atoms with Crippen molar-refractivity contribution in [1.29, 1.82) is 0 Å². The number of amides is 1. The minimum absolute atomic E-state index is 0.186. The molecule has 1 aliphatic rings. The van der Waals surface area contributed by atoms with Crippen molar-refractivity contribution >= 4 is 15.9 Å². The molecule has 1 amide bonds. The lowest BCUT2D eigenvalue weighted by molar-refractivity contribution is -0.123. The van der Waals surface area contributed by atoms with Crippen molar-refractivity contribution in [2.24, 2.45) is 5.92 Å². The van der Waals surface area contributed by atoms with Crippen LogP contribution in [0, 0.1) is 5.92 Å². The topological polar surface area (TPSA) is 75.3 Å². The van der Waals surface area contributed by atoms with Crippen LogP contribution in [0.15, 0.2) is 0 Å². The monoisotopic (exact) mass is 220 g/mol. The SMILES string of the molecule is CC1CCCNC1C(=O)NS(C)(=O)=O. The molecule has 1 rings (SSSR count). The second kappa shape index (κ2) is 4.27. The Labute approximate surface area is 84.3 Å². The first-order valence-corrected chi connectivity index (χ1v) is 6.54. The van der Waals surface area contributed by atoms with Crippen molar-refractivity contribution in [3.63, 3.8) is 0 Å². The highest BCUT2D eigenvalue weighted by Crippen LogP contribution is 2.15. The van der Waals surface area contributed by atoms with Gasteiger partial charge in [0.2, 0.25) is 10.0 Å². The van der Waals surface area contributed by atoms with Crippen LogP contribution in [0.25, 0.3) is 0 Å². The predicted molar refractivity (Wildman–Crippen MR) is 53.2 cm³/mol. The Hall–Kier alpha value is -0.620. The largest absolute Gasteiger partial charge is 0.306 e. The van der Waals surface area contributed by atoms with E-state index in [0.717, 1.165) is 25.6 Å². The van der Waals surface area contributed by atoms with E-state index < -0.39 is 15.9 Å². The molecular weight excluding hydrogens is 204 g/mol. The predicted octanol–water partition coefficient (Wildman–Crippen LogP) is -0.550. The third-order valence-corrected chi connectivity index (χ3v) is 2.91. The molecule has 0 aromatic heterocycles. The molecule has 0 spiro atoms. The maximum atomic E-state index is 11.5. The van der Waals surface area contributed by atoms with Gasteiger partial charge in [-0.05, 0) is 25.3 Å². The zero-order chi connectivity index (χ0) is 10.8. The maximum Gasteiger partial charge on any atom is 0.250 e. The fourth-order valence-corrected chi connectivity index (χ4v) is 2.14. The maximum absolute atomic E-state index is 11.5. The van der Waals surface area contributed by atoms with E-state index in [2.05, 4.69) is 5.32 Å². The van der Waals surface area contributed by atoms with Crippen molar-refractivity contribution in [2.75, 3.05) is 12.8 Å². The number of hydrogen-bond acceptors (Lipinski definition) is 4. The van der Waals surface area contributed by atoms with E-state index in [4.69, 9.17) is 0 Å². The molecule has 1 fully saturated rings. The fraction of sp³-hybridized carbons (Fsp3) is 0.875. The van der Waals surface area contributed by atoms with Gasteiger partial charge < -0.3 is 5.32 Å². The molecule has 2 unspecified atom stereocenters. The summed E-state index contributed by atoms with van der Waals surface area (Å²) in [6.07, 6.45) is 2.97. The molecule has 0 aromatic carbocycles. The Balaban J connectivity index is 2.59. The summed E-state index contributed by atoms with van der Waals surface area (Å²) in [5.41, 5.74) is 0. The molecule has 82 valence electrons. The molecule has 0 aromatic rings. The zero-order valence-corrected chi connectivity index (χ0v) is 9.23. The van der Waals surface area contributed by atoms with Crippen molar-refractivity contribution in [3.8, 4) is 0 Å². The van der Waals surface area contributed by atoms with Crippen LogP contribution in [0.4, 0.5) is 0 Å². The Bertz CT molecular complexity index is 313. The molecule has 0 radical (unpaired) electrons. The summed E-state index contributed by atoms with van der Waals surface area (Å²) in [5, 5.41) is 3.01. The molecule has 5 nitrogen and oxygen atoms in total. The van der Waals surface area contributed by atoms with Gasteiger partial charge in [-0.25, -0.2) is 8.42 Å². The third kappa shape index (κ3) is 3.26. The number of carbonyl (C=O) groups excluding carboxylic acids is 1. The number of nitrogens with one attached hydrogen (secondary N) is 2. The van der Waals surface area contributed by atoms with Crippen LogP contribution in [0.1, 0.15) is 19.8 Å². The Morgan fingerprint density at radius 3 is 2.64 bits per heavy atom. The first kappa shape index (κ1) is 11.5. The molecule has 0 aliphatic carbocycles. The van der Waals surface area contributed by atoms with Crippen LogP contribution in [-0.2, 0) is 14.8 Å². The molecule has 1 saturated heterocycles. The highest BCUT2D eigenvalue weighted by molar-refractivity contribution is 7.89. The number of sulfonamides is 1. The second-order valence-electron chi connectivity index (χ2n) is 3.79. The number of carbonyl (C=O) groups is 1. The molecule has 1 heterocycles. The summed E-state index contributed by atoms with van der Waals surface area (Å²) in [7, 11) is -3.44. The van der Waals surface area contributed by atoms with Gasteiger partial charge >= 0.3 is 0 Å². The lowest BCUT2D eigenvalue weighted by atomic mass is 9.92. The van der Waals surface area contributed by atoms with Gasteiger partial charge in [0, 0.05) is 0 Å². The molecule has 2 N–H and O–H groups in total. The summed E-state index contributed by atoms with van der Waals surface area (Å²) in [5.74, 6) is -0.259. The second-order valence-corrected chi connectivity index (χ2v) is 5.54. The van der Waals surface area contributed by atoms with Crippen LogP contribution >= 0.6 is 0 Å². The van der Waals surface area contributed by atoms with Gasteiger partial charge in [-0.15, -0.1) is 0 Å². The van der Waals surface area contributed by atoms with E-state index in [1.807, 2.05) is 11.6 Å². The standard InChI is InChI=1S/C8H16N2O3S/c1-6-4-3-5-9-7(6)8(11)10-14(2,12)13/h6-7,9H,3-5H2,1-2H3,(H,10,11). The smallest absolute Gasteiger partial charge is 0.250 e. The van der Waals surface area contributed by atoms with E-state index in [-0.39, 0.29) is 12.0 Å². The molecule has 6 heteroatoms. The van der Waals surface area contributed by atoms with Crippen molar-refractivity contribution in [1.82, 2.24) is 10.0 Å². The molecule has 2 atom stereocenters. The third-order valence-electron chi connectivity index (χ3n) is 2.34. The highest BCUT2D eigenvalue weighted by Gasteiger charge is 2.28. The van der Waals surface area contributed by atoms with E-state index in [9.17, 15) is 13.2 Å². The Kier molecular flexibility index (Phi) is 3.49. The summed E-state index contributed by atoms with van der Waals surface area (Å²) in [6.45, 7) is 2.71. The van der Waals surface area contributed by atoms with Crippen LogP contribution in [0.2, 0.25) is 0 Å². The van der Waals surface area contributed by atoms with Gasteiger partial charge in [-0.3, -0.25) is 9.52 Å². The van der Waals surface area contributed by atoms with E-state index >= 15 is 0 Å². The van der Waals surface area contributed by atoms with Crippen LogP contribution < -0.4 is 10.0 Å². The van der Waals surface area contributed by atoms with Crippen LogP contribution in [-0.4, -0.2) is 33.2 Å². The molecule has 1 aliphatic heterocycles. The van der Waals surface area contributed by atoms with Gasteiger partial charge in [0.1, 0.15) is 0 Å². The first-order valence-electron chi connectivity index (χ1n) is 4.65. The Morgan fingerprint density at radius 1 is 1.50 bits per heavy atom. The van der Waals surface area contributed by atoms with Crippen LogP contribution in [0.5, 0.6) is 0 Å². The first-order chi connectivity index (χ1) is 6.40. The van der Waals surface area contributed by atoms with Gasteiger partial charge in [0.25, 0.3) is 5.91 Å². The van der Waals surface area contributed by atoms with Crippen molar-refractivity contribution in [2.45, 2.75) is 25.8 Å². The quantitative estimate of drug-likeness (QED) is 0.655.